The van der Waals surface area contributed by atoms with E-state index in [0.717, 1.165) is 26.2 Å². The van der Waals surface area contributed by atoms with Gasteiger partial charge in [0.15, 0.2) is 0 Å². The topological polar surface area (TPSA) is 24.1 Å². The number of unbranched alkanes of at least 4 members (excludes halogenated alkanes) is 14. The van der Waals surface area contributed by atoms with E-state index in [1.54, 1.807) is 0 Å². The number of hydrogen-bond acceptors (Lipinski definition) is 2. The Morgan fingerprint density at radius 1 is 0.368 bits per heavy atom. The predicted octanol–water partition coefficient (Wildman–Crippen LogP) is 9.93. The van der Waals surface area contributed by atoms with Crippen molar-refractivity contribution in [2.45, 2.75) is 143 Å². The second kappa shape index (κ2) is 23.3. The number of rotatable bonds is 25. The summed E-state index contributed by atoms with van der Waals surface area (Å²) in [4.78, 5) is 0. The highest BCUT2D eigenvalue weighted by Crippen LogP contribution is 2.13. The lowest BCUT2D eigenvalue weighted by atomic mass is 10.0. The quantitative estimate of drug-likeness (QED) is 0.127. The molecule has 2 aromatic carbocycles. The molecular formula is C36H60N2. The third-order valence-corrected chi connectivity index (χ3v) is 7.82. The first kappa shape index (κ1) is 32.6. The first-order chi connectivity index (χ1) is 18.8. The van der Waals surface area contributed by atoms with E-state index in [0.29, 0.717) is 0 Å². The van der Waals surface area contributed by atoms with Crippen molar-refractivity contribution in [1.29, 1.82) is 0 Å². The summed E-state index contributed by atoms with van der Waals surface area (Å²) < 4.78 is 0. The average Bonchev–Trinajstić information content (AvgIpc) is 2.95. The van der Waals surface area contributed by atoms with E-state index >= 15 is 0 Å². The fourth-order valence-corrected chi connectivity index (χ4v) is 5.22. The molecule has 0 heterocycles. The van der Waals surface area contributed by atoms with Crippen LogP contribution in [-0.4, -0.2) is 13.1 Å². The molecule has 214 valence electrons. The van der Waals surface area contributed by atoms with Gasteiger partial charge in [-0.1, -0.05) is 152 Å². The van der Waals surface area contributed by atoms with Gasteiger partial charge in [-0.25, -0.2) is 0 Å². The minimum atomic E-state index is 0.952. The molecule has 0 aliphatic heterocycles. The van der Waals surface area contributed by atoms with Crippen LogP contribution >= 0.6 is 0 Å². The van der Waals surface area contributed by atoms with Gasteiger partial charge in [0, 0.05) is 26.2 Å². The number of hydrogen-bond donors (Lipinski definition) is 2. The van der Waals surface area contributed by atoms with Gasteiger partial charge in [-0.2, -0.15) is 0 Å². The van der Waals surface area contributed by atoms with Gasteiger partial charge in [-0.3, -0.25) is 0 Å². The summed E-state index contributed by atoms with van der Waals surface area (Å²) in [5, 5.41) is 7.16. The van der Waals surface area contributed by atoms with Gasteiger partial charge in [0.05, 0.1) is 0 Å². The Bertz CT molecular complexity index is 697. The van der Waals surface area contributed by atoms with Gasteiger partial charge in [0.25, 0.3) is 0 Å². The summed E-state index contributed by atoms with van der Waals surface area (Å²) in [6, 6.07) is 18.5. The molecule has 0 atom stereocenters. The van der Waals surface area contributed by atoms with Crippen LogP contribution in [0.3, 0.4) is 0 Å². The van der Waals surface area contributed by atoms with Gasteiger partial charge in [-0.15, -0.1) is 0 Å². The van der Waals surface area contributed by atoms with Crippen LogP contribution in [0.4, 0.5) is 0 Å². The van der Waals surface area contributed by atoms with Crippen molar-refractivity contribution < 1.29 is 0 Å². The molecule has 0 radical (unpaired) electrons. The van der Waals surface area contributed by atoms with Crippen LogP contribution in [0.2, 0.25) is 0 Å². The van der Waals surface area contributed by atoms with Crippen molar-refractivity contribution in [3.8, 4) is 0 Å². The molecule has 0 fully saturated rings. The average molecular weight is 521 g/mol. The zero-order chi connectivity index (χ0) is 26.9. The highest BCUT2D eigenvalue weighted by Gasteiger charge is 1.99. The SMILES string of the molecule is CCCCCCCCCCc1ccc(CNCCNCc2ccc(CCCCCCCCCC)cc2)cc1. The number of nitrogens with one attached hydrogen (secondary N) is 2. The molecule has 2 nitrogen and oxygen atoms in total. The molecule has 2 heteroatoms. The maximum absolute atomic E-state index is 3.58. The van der Waals surface area contributed by atoms with Crippen molar-refractivity contribution in [1.82, 2.24) is 10.6 Å². The smallest absolute Gasteiger partial charge is 0.0206 e. The molecule has 0 bridgehead atoms. The Morgan fingerprint density at radius 2 is 0.658 bits per heavy atom. The minimum absolute atomic E-state index is 0.952. The fraction of sp³-hybridized carbons (Fsp3) is 0.667. The maximum Gasteiger partial charge on any atom is 0.0206 e. The van der Waals surface area contributed by atoms with Crippen molar-refractivity contribution in [2.75, 3.05) is 13.1 Å². The normalized spacial score (nSPS) is 11.3. The first-order valence-corrected chi connectivity index (χ1v) is 16.4. The monoisotopic (exact) mass is 520 g/mol. The Kier molecular flexibility index (Phi) is 19.9. The van der Waals surface area contributed by atoms with E-state index in [4.69, 9.17) is 0 Å². The third-order valence-electron chi connectivity index (χ3n) is 7.82. The molecular weight excluding hydrogens is 460 g/mol. The van der Waals surface area contributed by atoms with Gasteiger partial charge in [0.2, 0.25) is 0 Å². The van der Waals surface area contributed by atoms with E-state index in [1.807, 2.05) is 0 Å². The summed E-state index contributed by atoms with van der Waals surface area (Å²) in [6.45, 7) is 8.48. The summed E-state index contributed by atoms with van der Waals surface area (Å²) >= 11 is 0. The Morgan fingerprint density at radius 3 is 1.00 bits per heavy atom. The molecule has 0 saturated heterocycles. The van der Waals surface area contributed by atoms with Crippen LogP contribution in [0.1, 0.15) is 139 Å². The second-order valence-electron chi connectivity index (χ2n) is 11.4. The van der Waals surface area contributed by atoms with E-state index in [-0.39, 0.29) is 0 Å². The van der Waals surface area contributed by atoms with E-state index in [1.165, 1.54) is 138 Å². The lowest BCUT2D eigenvalue weighted by Crippen LogP contribution is -2.26. The second-order valence-corrected chi connectivity index (χ2v) is 11.4. The van der Waals surface area contributed by atoms with Crippen LogP contribution < -0.4 is 10.6 Å². The van der Waals surface area contributed by atoms with Crippen molar-refractivity contribution >= 4 is 0 Å². The summed E-state index contributed by atoms with van der Waals surface area (Å²) in [6.07, 6.45) is 24.8. The molecule has 2 aromatic rings. The van der Waals surface area contributed by atoms with Crippen LogP contribution in [-0.2, 0) is 25.9 Å². The van der Waals surface area contributed by atoms with Gasteiger partial charge in [-0.05, 0) is 47.9 Å². The Labute approximate surface area is 236 Å². The third kappa shape index (κ3) is 17.0. The van der Waals surface area contributed by atoms with Crippen LogP contribution in [0, 0.1) is 0 Å². The molecule has 0 amide bonds. The molecule has 0 saturated carbocycles. The summed E-state index contributed by atoms with van der Waals surface area (Å²) in [7, 11) is 0. The Balaban J connectivity index is 1.44. The Hall–Kier alpha value is -1.64. The van der Waals surface area contributed by atoms with Crippen molar-refractivity contribution in [3.05, 3.63) is 70.8 Å². The lowest BCUT2D eigenvalue weighted by molar-refractivity contribution is 0.575. The van der Waals surface area contributed by atoms with Gasteiger partial charge in [0.1, 0.15) is 0 Å². The standard InChI is InChI=1S/C36H60N2/c1-3-5-7-9-11-13-15-17-19-33-21-25-35(26-22-33)31-37-29-30-38-32-36-27-23-34(24-28-36)20-18-16-14-12-10-8-6-4-2/h21-28,37-38H,3-20,29-32H2,1-2H3. The maximum atomic E-state index is 3.58. The summed E-state index contributed by atoms with van der Waals surface area (Å²) in [5.74, 6) is 0. The molecule has 2 N–H and O–H groups in total. The molecule has 2 rings (SSSR count). The molecule has 38 heavy (non-hydrogen) atoms. The van der Waals surface area contributed by atoms with Gasteiger partial charge >= 0.3 is 0 Å². The van der Waals surface area contributed by atoms with Gasteiger partial charge < -0.3 is 10.6 Å². The largest absolute Gasteiger partial charge is 0.311 e. The molecule has 0 aliphatic carbocycles. The zero-order valence-corrected chi connectivity index (χ0v) is 25.2. The minimum Gasteiger partial charge on any atom is -0.311 e. The van der Waals surface area contributed by atoms with Crippen molar-refractivity contribution in [3.63, 3.8) is 0 Å². The van der Waals surface area contributed by atoms with E-state index < -0.39 is 0 Å². The van der Waals surface area contributed by atoms with Crippen LogP contribution in [0.5, 0.6) is 0 Å². The number of aryl methyl sites for hydroxylation is 2. The molecule has 0 aliphatic rings. The van der Waals surface area contributed by atoms with Crippen molar-refractivity contribution in [2.24, 2.45) is 0 Å². The zero-order valence-electron chi connectivity index (χ0n) is 25.2. The van der Waals surface area contributed by atoms with Crippen LogP contribution in [0.25, 0.3) is 0 Å². The lowest BCUT2D eigenvalue weighted by Gasteiger charge is -2.09. The number of benzene rings is 2. The predicted molar refractivity (Wildman–Crippen MR) is 169 cm³/mol. The van der Waals surface area contributed by atoms with Crippen LogP contribution in [0.15, 0.2) is 48.5 Å². The van der Waals surface area contributed by atoms with E-state index in [2.05, 4.69) is 73.0 Å². The highest BCUT2D eigenvalue weighted by molar-refractivity contribution is 5.23. The fourth-order valence-electron chi connectivity index (χ4n) is 5.22. The highest BCUT2D eigenvalue weighted by atomic mass is 14.9. The first-order valence-electron chi connectivity index (χ1n) is 16.4. The molecule has 0 aromatic heterocycles. The summed E-state index contributed by atoms with van der Waals surface area (Å²) in [5.41, 5.74) is 5.75. The molecule has 0 spiro atoms. The van der Waals surface area contributed by atoms with E-state index in [9.17, 15) is 0 Å². The molecule has 0 unspecified atom stereocenters.